The molecular weight excluding hydrogens is 358 g/mol. The Morgan fingerprint density at radius 2 is 1.92 bits per heavy atom. The first-order valence-corrected chi connectivity index (χ1v) is 9.43. The Labute approximate surface area is 150 Å². The van der Waals surface area contributed by atoms with Crippen molar-refractivity contribution in [2.45, 2.75) is 30.7 Å². The van der Waals surface area contributed by atoms with Crippen molar-refractivity contribution in [2.75, 3.05) is 5.32 Å². The number of benzene rings is 2. The van der Waals surface area contributed by atoms with Gasteiger partial charge in [-0.15, -0.1) is 0 Å². The van der Waals surface area contributed by atoms with Crippen LogP contribution in [0.4, 0.5) is 11.4 Å². The molecular formula is C17H17N3O5S. The van der Waals surface area contributed by atoms with Crippen molar-refractivity contribution in [3.05, 3.63) is 63.7 Å². The fourth-order valence-corrected chi connectivity index (χ4v) is 3.74. The number of hydrogen-bond acceptors (Lipinski definition) is 5. The van der Waals surface area contributed by atoms with Crippen LogP contribution in [0.2, 0.25) is 0 Å². The third-order valence-corrected chi connectivity index (χ3v) is 5.49. The summed E-state index contributed by atoms with van der Waals surface area (Å²) in [6.07, 6.45) is 1.64. The Kier molecular flexibility index (Phi) is 4.75. The maximum Gasteiger partial charge on any atom is 0.269 e. The highest BCUT2D eigenvalue weighted by Crippen LogP contribution is 2.24. The molecule has 2 aromatic rings. The molecule has 0 unspecified atom stereocenters. The minimum Gasteiger partial charge on any atom is -0.322 e. The topological polar surface area (TPSA) is 118 Å². The first kappa shape index (κ1) is 18.0. The van der Waals surface area contributed by atoms with E-state index in [0.717, 1.165) is 12.8 Å². The first-order chi connectivity index (χ1) is 12.3. The molecule has 26 heavy (non-hydrogen) atoms. The molecule has 0 radical (unpaired) electrons. The van der Waals surface area contributed by atoms with Gasteiger partial charge in [0.05, 0.1) is 9.82 Å². The van der Waals surface area contributed by atoms with Crippen LogP contribution in [-0.4, -0.2) is 25.3 Å². The molecule has 1 aliphatic rings. The van der Waals surface area contributed by atoms with Gasteiger partial charge in [0, 0.05) is 29.4 Å². The normalized spacial score (nSPS) is 14.0. The number of anilines is 1. The smallest absolute Gasteiger partial charge is 0.269 e. The predicted molar refractivity (Wildman–Crippen MR) is 95.6 cm³/mol. The number of nitrogens with one attached hydrogen (secondary N) is 2. The Bertz CT molecular complexity index is 984. The van der Waals surface area contributed by atoms with Gasteiger partial charge in [0.25, 0.3) is 11.6 Å². The summed E-state index contributed by atoms with van der Waals surface area (Å²) in [5.41, 5.74) is 1.07. The third-order valence-electron chi connectivity index (χ3n) is 3.97. The SMILES string of the molecule is Cc1cc([N+](=O)[O-])ccc1NC(=O)c1cccc(S(=O)(=O)NC2CC2)c1. The fourth-order valence-electron chi connectivity index (χ4n) is 2.39. The molecule has 1 saturated carbocycles. The van der Waals surface area contributed by atoms with E-state index in [2.05, 4.69) is 10.0 Å². The van der Waals surface area contributed by atoms with Gasteiger partial charge < -0.3 is 5.32 Å². The molecule has 0 saturated heterocycles. The summed E-state index contributed by atoms with van der Waals surface area (Å²) in [6, 6.07) is 9.81. The van der Waals surface area contributed by atoms with Crippen LogP contribution in [0.5, 0.6) is 0 Å². The van der Waals surface area contributed by atoms with Gasteiger partial charge in [-0.2, -0.15) is 0 Å². The van der Waals surface area contributed by atoms with Crippen molar-refractivity contribution >= 4 is 27.3 Å². The molecule has 1 aliphatic carbocycles. The second-order valence-electron chi connectivity index (χ2n) is 6.13. The number of hydrogen-bond donors (Lipinski definition) is 2. The van der Waals surface area contributed by atoms with Crippen LogP contribution in [0.25, 0.3) is 0 Å². The summed E-state index contributed by atoms with van der Waals surface area (Å²) < 4.78 is 27.1. The largest absolute Gasteiger partial charge is 0.322 e. The average molecular weight is 375 g/mol. The van der Waals surface area contributed by atoms with E-state index >= 15 is 0 Å². The van der Waals surface area contributed by atoms with Crippen molar-refractivity contribution in [3.63, 3.8) is 0 Å². The lowest BCUT2D eigenvalue weighted by Crippen LogP contribution is -2.26. The molecule has 0 atom stereocenters. The second kappa shape index (κ2) is 6.85. The summed E-state index contributed by atoms with van der Waals surface area (Å²) in [5, 5.41) is 13.4. The number of nitrogens with zero attached hydrogens (tertiary/aromatic N) is 1. The molecule has 1 fully saturated rings. The Hall–Kier alpha value is -2.78. The van der Waals surface area contributed by atoms with Gasteiger partial charge in [0.15, 0.2) is 0 Å². The quantitative estimate of drug-likeness (QED) is 0.594. The minimum absolute atomic E-state index is 0.0254. The number of carbonyl (C=O) groups excluding carboxylic acids is 1. The van der Waals surface area contributed by atoms with E-state index in [4.69, 9.17) is 0 Å². The van der Waals surface area contributed by atoms with Gasteiger partial charge in [0.2, 0.25) is 10.0 Å². The molecule has 9 heteroatoms. The molecule has 0 heterocycles. The highest BCUT2D eigenvalue weighted by molar-refractivity contribution is 7.89. The molecule has 2 N–H and O–H groups in total. The second-order valence-corrected chi connectivity index (χ2v) is 7.85. The Morgan fingerprint density at radius 1 is 1.19 bits per heavy atom. The van der Waals surface area contributed by atoms with Crippen LogP contribution in [-0.2, 0) is 10.0 Å². The zero-order valence-corrected chi connectivity index (χ0v) is 14.7. The number of sulfonamides is 1. The summed E-state index contributed by atoms with van der Waals surface area (Å²) in [4.78, 5) is 22.7. The average Bonchev–Trinajstić information content (AvgIpc) is 3.40. The van der Waals surface area contributed by atoms with E-state index in [1.165, 1.54) is 42.5 Å². The monoisotopic (exact) mass is 375 g/mol. The molecule has 0 bridgehead atoms. The molecule has 1 amide bonds. The standard InChI is InChI=1S/C17H17N3O5S/c1-11-9-14(20(22)23)7-8-16(11)18-17(21)12-3-2-4-15(10-12)26(24,25)19-13-5-6-13/h2-4,7-10,13,19H,5-6H2,1H3,(H,18,21). The highest BCUT2D eigenvalue weighted by Gasteiger charge is 2.28. The molecule has 3 rings (SSSR count). The zero-order valence-electron chi connectivity index (χ0n) is 13.9. The van der Waals surface area contributed by atoms with Crippen LogP contribution >= 0.6 is 0 Å². The molecule has 2 aromatic carbocycles. The number of aryl methyl sites for hydroxylation is 1. The highest BCUT2D eigenvalue weighted by atomic mass is 32.2. The first-order valence-electron chi connectivity index (χ1n) is 7.95. The van der Waals surface area contributed by atoms with Gasteiger partial charge in [-0.3, -0.25) is 14.9 Å². The van der Waals surface area contributed by atoms with Gasteiger partial charge in [-0.25, -0.2) is 13.1 Å². The zero-order chi connectivity index (χ0) is 18.9. The number of non-ortho nitro benzene ring substituents is 1. The third kappa shape index (κ3) is 4.06. The molecule has 0 spiro atoms. The fraction of sp³-hybridized carbons (Fsp3) is 0.235. The minimum atomic E-state index is -3.65. The Balaban J connectivity index is 1.80. The van der Waals surface area contributed by atoms with E-state index in [9.17, 15) is 23.3 Å². The van der Waals surface area contributed by atoms with E-state index < -0.39 is 20.9 Å². The van der Waals surface area contributed by atoms with Crippen LogP contribution < -0.4 is 10.0 Å². The summed E-state index contributed by atoms with van der Waals surface area (Å²) in [7, 11) is -3.65. The van der Waals surface area contributed by atoms with Gasteiger partial charge >= 0.3 is 0 Å². The van der Waals surface area contributed by atoms with Crippen molar-refractivity contribution in [1.82, 2.24) is 4.72 Å². The molecule has 136 valence electrons. The van der Waals surface area contributed by atoms with Crippen LogP contribution in [0.15, 0.2) is 47.4 Å². The number of amides is 1. The number of rotatable bonds is 6. The molecule has 0 aromatic heterocycles. The maximum atomic E-state index is 12.4. The summed E-state index contributed by atoms with van der Waals surface area (Å²) in [6.45, 7) is 1.64. The molecule has 8 nitrogen and oxygen atoms in total. The van der Waals surface area contributed by atoms with Crippen molar-refractivity contribution in [2.24, 2.45) is 0 Å². The lowest BCUT2D eigenvalue weighted by molar-refractivity contribution is -0.384. The van der Waals surface area contributed by atoms with E-state index in [1.807, 2.05) is 0 Å². The Morgan fingerprint density at radius 3 is 2.54 bits per heavy atom. The van der Waals surface area contributed by atoms with Gasteiger partial charge in [-0.05, 0) is 49.6 Å². The lowest BCUT2D eigenvalue weighted by atomic mass is 10.1. The van der Waals surface area contributed by atoms with Crippen LogP contribution in [0, 0.1) is 17.0 Å². The van der Waals surface area contributed by atoms with E-state index in [1.54, 1.807) is 6.92 Å². The van der Waals surface area contributed by atoms with Crippen molar-refractivity contribution < 1.29 is 18.1 Å². The van der Waals surface area contributed by atoms with Crippen LogP contribution in [0.3, 0.4) is 0 Å². The lowest BCUT2D eigenvalue weighted by Gasteiger charge is -2.10. The maximum absolute atomic E-state index is 12.4. The van der Waals surface area contributed by atoms with E-state index in [0.29, 0.717) is 11.3 Å². The van der Waals surface area contributed by atoms with Crippen molar-refractivity contribution in [1.29, 1.82) is 0 Å². The molecule has 0 aliphatic heterocycles. The predicted octanol–water partition coefficient (Wildman–Crippen LogP) is 2.60. The van der Waals surface area contributed by atoms with E-state index in [-0.39, 0.29) is 22.2 Å². The number of carbonyl (C=O) groups is 1. The van der Waals surface area contributed by atoms with Crippen LogP contribution in [0.1, 0.15) is 28.8 Å². The van der Waals surface area contributed by atoms with Crippen molar-refractivity contribution in [3.8, 4) is 0 Å². The number of nitro benzene ring substituents is 1. The van der Waals surface area contributed by atoms with Gasteiger partial charge in [-0.1, -0.05) is 6.07 Å². The van der Waals surface area contributed by atoms with Gasteiger partial charge in [0.1, 0.15) is 0 Å². The number of nitro groups is 1. The summed E-state index contributed by atoms with van der Waals surface area (Å²) in [5.74, 6) is -0.495. The summed E-state index contributed by atoms with van der Waals surface area (Å²) >= 11 is 0.